The number of hydrogen-bond acceptors (Lipinski definition) is 4. The number of rotatable bonds is 2. The van der Waals surface area contributed by atoms with Crippen molar-refractivity contribution in [1.82, 2.24) is 5.01 Å². The van der Waals surface area contributed by atoms with Gasteiger partial charge in [-0.15, -0.1) is 0 Å². The Bertz CT molecular complexity index is 208. The van der Waals surface area contributed by atoms with Crippen molar-refractivity contribution < 1.29 is 4.84 Å². The molecule has 0 fully saturated rings. The molecule has 4 nitrogen and oxygen atoms in total. The van der Waals surface area contributed by atoms with E-state index < -0.39 is 0 Å². The lowest BCUT2D eigenvalue weighted by atomic mass is 10.2. The van der Waals surface area contributed by atoms with Gasteiger partial charge in [0.25, 0.3) is 0 Å². The minimum Gasteiger partial charge on any atom is -0.341 e. The Morgan fingerprint density at radius 3 is 2.50 bits per heavy atom. The molecule has 1 aliphatic rings. The first-order valence-corrected chi connectivity index (χ1v) is 4.19. The molecule has 0 N–H and O–H groups in total. The van der Waals surface area contributed by atoms with E-state index in [1.807, 2.05) is 6.20 Å². The van der Waals surface area contributed by atoms with Gasteiger partial charge in [-0.2, -0.15) is 0 Å². The molecule has 0 bridgehead atoms. The summed E-state index contributed by atoms with van der Waals surface area (Å²) in [5.74, 6) is 1.21. The molecular weight excluding hydrogens is 154 g/mol. The highest BCUT2D eigenvalue weighted by Gasteiger charge is 2.14. The Morgan fingerprint density at radius 1 is 1.33 bits per heavy atom. The molecule has 0 amide bonds. The average Bonchev–Trinajstić information content (AvgIpc) is 2.04. The fraction of sp³-hybridized carbons (Fsp3) is 0.750. The summed E-state index contributed by atoms with van der Waals surface area (Å²) in [5.41, 5.74) is 0. The van der Waals surface area contributed by atoms with Crippen LogP contribution in [0.15, 0.2) is 22.5 Å². The van der Waals surface area contributed by atoms with E-state index in [1.54, 1.807) is 5.01 Å². The van der Waals surface area contributed by atoms with E-state index >= 15 is 0 Å². The van der Waals surface area contributed by atoms with E-state index in [-0.39, 0.29) is 0 Å². The molecule has 12 heavy (non-hydrogen) atoms. The summed E-state index contributed by atoms with van der Waals surface area (Å²) in [4.78, 5) is 5.00. The van der Waals surface area contributed by atoms with E-state index in [0.717, 1.165) is 5.76 Å². The highest BCUT2D eigenvalue weighted by atomic mass is 16.7. The van der Waals surface area contributed by atoms with Gasteiger partial charge in [-0.25, -0.2) is 5.01 Å². The zero-order valence-corrected chi connectivity index (χ0v) is 7.98. The third-order valence-electron chi connectivity index (χ3n) is 1.64. The SMILES string of the molecule is CC(C)C1=CN(C(C)C)N=NO1. The van der Waals surface area contributed by atoms with Crippen LogP contribution in [0.5, 0.6) is 0 Å². The Hall–Kier alpha value is -1.06. The van der Waals surface area contributed by atoms with Gasteiger partial charge < -0.3 is 4.84 Å². The summed E-state index contributed by atoms with van der Waals surface area (Å²) in [5, 5.41) is 9.18. The van der Waals surface area contributed by atoms with Crippen LogP contribution < -0.4 is 0 Å². The van der Waals surface area contributed by atoms with Gasteiger partial charge >= 0.3 is 0 Å². The minimum atomic E-state index is 0.325. The van der Waals surface area contributed by atoms with Crippen molar-refractivity contribution in [2.45, 2.75) is 33.7 Å². The number of nitrogens with zero attached hydrogens (tertiary/aromatic N) is 3. The first-order chi connectivity index (χ1) is 5.61. The normalized spacial score (nSPS) is 16.8. The van der Waals surface area contributed by atoms with Gasteiger partial charge in [-0.3, -0.25) is 0 Å². The summed E-state index contributed by atoms with van der Waals surface area (Å²) in [6, 6.07) is 0.325. The van der Waals surface area contributed by atoms with Gasteiger partial charge in [0.2, 0.25) is 0 Å². The molecular formula is C8H15N3O. The molecule has 0 aromatic rings. The van der Waals surface area contributed by atoms with Gasteiger partial charge in [0.15, 0.2) is 5.76 Å². The Morgan fingerprint density at radius 2 is 2.00 bits per heavy atom. The highest BCUT2D eigenvalue weighted by molar-refractivity contribution is 4.96. The zero-order valence-electron chi connectivity index (χ0n) is 7.98. The van der Waals surface area contributed by atoms with E-state index in [9.17, 15) is 0 Å². The monoisotopic (exact) mass is 169 g/mol. The molecule has 0 aliphatic carbocycles. The molecule has 0 aromatic heterocycles. The van der Waals surface area contributed by atoms with Crippen LogP contribution in [0, 0.1) is 5.92 Å². The van der Waals surface area contributed by atoms with Gasteiger partial charge in [0, 0.05) is 12.0 Å². The molecule has 1 heterocycles. The molecule has 0 atom stereocenters. The minimum absolute atomic E-state index is 0.325. The van der Waals surface area contributed by atoms with Crippen LogP contribution in [0.25, 0.3) is 0 Å². The van der Waals surface area contributed by atoms with Crippen LogP contribution >= 0.6 is 0 Å². The molecule has 4 heteroatoms. The lowest BCUT2D eigenvalue weighted by molar-refractivity contribution is 0.102. The van der Waals surface area contributed by atoms with Crippen LogP contribution in [0.2, 0.25) is 0 Å². The molecule has 68 valence electrons. The Kier molecular flexibility index (Phi) is 2.68. The van der Waals surface area contributed by atoms with Crippen molar-refractivity contribution in [3.63, 3.8) is 0 Å². The van der Waals surface area contributed by atoms with Gasteiger partial charge in [0.05, 0.1) is 11.5 Å². The third kappa shape index (κ3) is 1.96. The molecule has 0 saturated carbocycles. The van der Waals surface area contributed by atoms with Crippen molar-refractivity contribution in [1.29, 1.82) is 0 Å². The van der Waals surface area contributed by atoms with Crippen molar-refractivity contribution in [3.05, 3.63) is 12.0 Å². The quantitative estimate of drug-likeness (QED) is 0.636. The van der Waals surface area contributed by atoms with Gasteiger partial charge in [-0.1, -0.05) is 13.8 Å². The average molecular weight is 169 g/mol. The summed E-state index contributed by atoms with van der Waals surface area (Å²) < 4.78 is 0. The summed E-state index contributed by atoms with van der Waals surface area (Å²) in [6.45, 7) is 8.23. The van der Waals surface area contributed by atoms with E-state index in [2.05, 4.69) is 38.2 Å². The Labute approximate surface area is 72.8 Å². The van der Waals surface area contributed by atoms with Crippen LogP contribution in [0.4, 0.5) is 0 Å². The van der Waals surface area contributed by atoms with Crippen LogP contribution in [0.3, 0.4) is 0 Å². The summed E-state index contributed by atoms with van der Waals surface area (Å²) >= 11 is 0. The Balaban J connectivity index is 2.68. The highest BCUT2D eigenvalue weighted by Crippen LogP contribution is 2.18. The summed E-state index contributed by atoms with van der Waals surface area (Å²) in [7, 11) is 0. The van der Waals surface area contributed by atoms with Crippen LogP contribution in [-0.4, -0.2) is 11.1 Å². The molecule has 0 radical (unpaired) electrons. The van der Waals surface area contributed by atoms with Crippen molar-refractivity contribution >= 4 is 0 Å². The second kappa shape index (κ2) is 3.56. The second-order valence-electron chi connectivity index (χ2n) is 3.42. The zero-order chi connectivity index (χ0) is 9.14. The number of allylic oxidation sites excluding steroid dienone is 1. The second-order valence-corrected chi connectivity index (χ2v) is 3.42. The van der Waals surface area contributed by atoms with E-state index in [1.165, 1.54) is 0 Å². The number of hydrogen-bond donors (Lipinski definition) is 0. The molecule has 0 spiro atoms. The summed E-state index contributed by atoms with van der Waals surface area (Å²) in [6.07, 6.45) is 1.89. The topological polar surface area (TPSA) is 37.2 Å². The predicted molar refractivity (Wildman–Crippen MR) is 45.8 cm³/mol. The predicted octanol–water partition coefficient (Wildman–Crippen LogP) is 2.51. The maximum Gasteiger partial charge on any atom is 0.157 e. The molecule has 0 saturated heterocycles. The maximum atomic E-state index is 5.00. The fourth-order valence-electron chi connectivity index (χ4n) is 0.794. The van der Waals surface area contributed by atoms with Crippen molar-refractivity contribution in [2.24, 2.45) is 16.4 Å². The van der Waals surface area contributed by atoms with Crippen molar-refractivity contribution in [2.75, 3.05) is 0 Å². The van der Waals surface area contributed by atoms with Crippen molar-refractivity contribution in [3.8, 4) is 0 Å². The molecule has 0 unspecified atom stereocenters. The molecule has 1 aliphatic heterocycles. The molecule has 1 rings (SSSR count). The molecule has 0 aromatic carbocycles. The largest absolute Gasteiger partial charge is 0.341 e. The van der Waals surface area contributed by atoms with Crippen LogP contribution in [-0.2, 0) is 4.84 Å². The standard InChI is InChI=1S/C8H15N3O/c1-6(2)8-5-11(7(3)4)9-10-12-8/h5-7H,1-4H3. The smallest absolute Gasteiger partial charge is 0.157 e. The van der Waals surface area contributed by atoms with Crippen LogP contribution in [0.1, 0.15) is 27.7 Å². The lowest BCUT2D eigenvalue weighted by Gasteiger charge is -2.22. The first-order valence-electron chi connectivity index (χ1n) is 4.19. The third-order valence-corrected chi connectivity index (χ3v) is 1.64. The van der Waals surface area contributed by atoms with Gasteiger partial charge in [-0.05, 0) is 19.1 Å². The first kappa shape index (κ1) is 9.03. The maximum absolute atomic E-state index is 5.00. The lowest BCUT2D eigenvalue weighted by Crippen LogP contribution is -2.22. The van der Waals surface area contributed by atoms with E-state index in [0.29, 0.717) is 12.0 Å². The van der Waals surface area contributed by atoms with E-state index in [4.69, 9.17) is 4.84 Å². The van der Waals surface area contributed by atoms with Gasteiger partial charge in [0.1, 0.15) is 0 Å². The fourth-order valence-corrected chi connectivity index (χ4v) is 0.794.